The van der Waals surface area contributed by atoms with Gasteiger partial charge in [0.25, 0.3) is 0 Å². The Morgan fingerprint density at radius 2 is 2.19 bits per heavy atom. The minimum Gasteiger partial charge on any atom is -0.376 e. The molecule has 0 spiro atoms. The van der Waals surface area contributed by atoms with E-state index in [4.69, 9.17) is 9.47 Å². The van der Waals surface area contributed by atoms with Crippen LogP contribution in [0.15, 0.2) is 0 Å². The largest absolute Gasteiger partial charge is 0.376 e. The molecule has 0 aromatic rings. The quantitative estimate of drug-likeness (QED) is 0.626. The van der Waals surface area contributed by atoms with E-state index in [9.17, 15) is 4.79 Å². The Morgan fingerprint density at radius 1 is 1.50 bits per heavy atom. The van der Waals surface area contributed by atoms with Crippen molar-refractivity contribution in [3.63, 3.8) is 0 Å². The second-order valence-corrected chi connectivity index (χ2v) is 3.99. The molecule has 1 aliphatic heterocycles. The minimum absolute atomic E-state index is 0.0867. The first-order valence-corrected chi connectivity index (χ1v) is 5.87. The lowest BCUT2D eigenvalue weighted by Gasteiger charge is -2.23. The normalized spacial score (nSPS) is 19.4. The number of methoxy groups -OCH3 is 1. The highest BCUT2D eigenvalue weighted by molar-refractivity contribution is 5.80. The van der Waals surface area contributed by atoms with E-state index < -0.39 is 0 Å². The predicted octanol–water partition coefficient (Wildman–Crippen LogP) is -0.0939. The fourth-order valence-corrected chi connectivity index (χ4v) is 1.61. The van der Waals surface area contributed by atoms with Crippen molar-refractivity contribution in [3.05, 3.63) is 0 Å². The lowest BCUT2D eigenvalue weighted by atomic mass is 10.1. The summed E-state index contributed by atoms with van der Waals surface area (Å²) in [6.45, 7) is 4.90. The summed E-state index contributed by atoms with van der Waals surface area (Å²) in [5.41, 5.74) is 0. The summed E-state index contributed by atoms with van der Waals surface area (Å²) in [5, 5.41) is 6.05. The number of piperidine rings is 1. The monoisotopic (exact) mass is 230 g/mol. The molecular formula is C11H22N2O3. The topological polar surface area (TPSA) is 59.6 Å². The molecule has 0 aliphatic carbocycles. The molecule has 16 heavy (non-hydrogen) atoms. The molecule has 1 rings (SSSR count). The Labute approximate surface area is 96.9 Å². The zero-order valence-electron chi connectivity index (χ0n) is 10.1. The average Bonchev–Trinajstić information content (AvgIpc) is 2.34. The summed E-state index contributed by atoms with van der Waals surface area (Å²) >= 11 is 0. The van der Waals surface area contributed by atoms with Crippen LogP contribution < -0.4 is 10.6 Å². The Kier molecular flexibility index (Phi) is 6.37. The van der Waals surface area contributed by atoms with E-state index in [1.807, 2.05) is 0 Å². The van der Waals surface area contributed by atoms with Crippen molar-refractivity contribution >= 4 is 5.91 Å². The number of hydrogen-bond donors (Lipinski definition) is 2. The van der Waals surface area contributed by atoms with Crippen molar-refractivity contribution in [1.29, 1.82) is 0 Å². The van der Waals surface area contributed by atoms with Crippen molar-refractivity contribution in [2.75, 3.05) is 33.4 Å². The van der Waals surface area contributed by atoms with Gasteiger partial charge in [-0.15, -0.1) is 0 Å². The summed E-state index contributed by atoms with van der Waals surface area (Å²) in [6, 6.07) is 0. The summed E-state index contributed by atoms with van der Waals surface area (Å²) in [4.78, 5) is 11.3. The number of ether oxygens (including phenoxy) is 2. The van der Waals surface area contributed by atoms with E-state index in [0.29, 0.717) is 19.3 Å². The van der Waals surface area contributed by atoms with E-state index in [0.717, 1.165) is 25.9 Å². The van der Waals surface area contributed by atoms with Crippen molar-refractivity contribution in [1.82, 2.24) is 10.6 Å². The third-order valence-corrected chi connectivity index (χ3v) is 2.76. The van der Waals surface area contributed by atoms with E-state index in [1.54, 1.807) is 6.92 Å². The van der Waals surface area contributed by atoms with Crippen LogP contribution in [0.3, 0.4) is 0 Å². The van der Waals surface area contributed by atoms with E-state index >= 15 is 0 Å². The Morgan fingerprint density at radius 3 is 2.81 bits per heavy atom. The maximum atomic E-state index is 11.3. The van der Waals surface area contributed by atoms with Crippen LogP contribution in [-0.4, -0.2) is 51.5 Å². The van der Waals surface area contributed by atoms with E-state index in [1.165, 1.54) is 7.11 Å². The molecule has 5 nitrogen and oxygen atoms in total. The summed E-state index contributed by atoms with van der Waals surface area (Å²) in [6.07, 6.45) is 2.07. The maximum Gasteiger partial charge on any atom is 0.248 e. The first-order chi connectivity index (χ1) is 7.74. The summed E-state index contributed by atoms with van der Waals surface area (Å²) in [7, 11) is 1.52. The Bertz CT molecular complexity index is 205. The van der Waals surface area contributed by atoms with Gasteiger partial charge in [-0.25, -0.2) is 0 Å². The van der Waals surface area contributed by atoms with E-state index in [-0.39, 0.29) is 12.0 Å². The molecular weight excluding hydrogens is 208 g/mol. The van der Waals surface area contributed by atoms with Gasteiger partial charge in [0.1, 0.15) is 6.10 Å². The van der Waals surface area contributed by atoms with Gasteiger partial charge in [-0.05, 0) is 32.9 Å². The van der Waals surface area contributed by atoms with Crippen molar-refractivity contribution in [3.8, 4) is 0 Å². The van der Waals surface area contributed by atoms with Gasteiger partial charge >= 0.3 is 0 Å². The Hall–Kier alpha value is -0.650. The molecule has 0 bridgehead atoms. The average molecular weight is 230 g/mol. The molecule has 94 valence electrons. The fraction of sp³-hybridized carbons (Fsp3) is 0.909. The highest BCUT2D eigenvalue weighted by atomic mass is 16.5. The van der Waals surface area contributed by atoms with Crippen LogP contribution in [0.4, 0.5) is 0 Å². The Balaban J connectivity index is 2.00. The highest BCUT2D eigenvalue weighted by Gasteiger charge is 2.13. The van der Waals surface area contributed by atoms with Crippen molar-refractivity contribution in [2.45, 2.75) is 32.0 Å². The number of amides is 1. The van der Waals surface area contributed by atoms with Crippen LogP contribution in [0.1, 0.15) is 19.8 Å². The molecule has 0 aromatic carbocycles. The molecule has 1 atom stereocenters. The molecule has 1 aliphatic rings. The maximum absolute atomic E-state index is 11.3. The van der Waals surface area contributed by atoms with Crippen LogP contribution in [0.5, 0.6) is 0 Å². The molecule has 0 radical (unpaired) electrons. The first-order valence-electron chi connectivity index (χ1n) is 5.87. The second-order valence-electron chi connectivity index (χ2n) is 3.99. The summed E-state index contributed by atoms with van der Waals surface area (Å²) in [5.74, 6) is -0.0867. The van der Waals surface area contributed by atoms with Crippen LogP contribution in [0.2, 0.25) is 0 Å². The highest BCUT2D eigenvalue weighted by Crippen LogP contribution is 2.06. The zero-order chi connectivity index (χ0) is 11.8. The third-order valence-electron chi connectivity index (χ3n) is 2.76. The van der Waals surface area contributed by atoms with Gasteiger partial charge in [0.15, 0.2) is 0 Å². The van der Waals surface area contributed by atoms with Gasteiger partial charge in [-0.1, -0.05) is 0 Å². The lowest BCUT2D eigenvalue weighted by molar-refractivity contribution is -0.130. The molecule has 0 saturated carbocycles. The van der Waals surface area contributed by atoms with Gasteiger partial charge in [-0.2, -0.15) is 0 Å². The zero-order valence-corrected chi connectivity index (χ0v) is 10.1. The lowest BCUT2D eigenvalue weighted by Crippen LogP contribution is -2.37. The molecule has 1 fully saturated rings. The number of carbonyl (C=O) groups excluding carboxylic acids is 1. The van der Waals surface area contributed by atoms with Crippen molar-refractivity contribution < 1.29 is 14.3 Å². The fourth-order valence-electron chi connectivity index (χ4n) is 1.61. The van der Waals surface area contributed by atoms with Crippen LogP contribution in [0.25, 0.3) is 0 Å². The smallest absolute Gasteiger partial charge is 0.248 e. The third kappa shape index (κ3) is 4.92. The molecule has 1 unspecified atom stereocenters. The minimum atomic E-state index is -0.390. The van der Waals surface area contributed by atoms with Crippen LogP contribution >= 0.6 is 0 Å². The van der Waals surface area contributed by atoms with Gasteiger partial charge in [0, 0.05) is 13.7 Å². The standard InChI is InChI=1S/C11H22N2O3/c1-9(15-2)11(14)13-7-8-16-10-3-5-12-6-4-10/h9-10,12H,3-8H2,1-2H3,(H,13,14). The molecule has 5 heteroatoms. The molecule has 2 N–H and O–H groups in total. The summed E-state index contributed by atoms with van der Waals surface area (Å²) < 4.78 is 10.5. The number of hydrogen-bond acceptors (Lipinski definition) is 4. The molecule has 1 amide bonds. The van der Waals surface area contributed by atoms with Crippen LogP contribution in [0, 0.1) is 0 Å². The molecule has 0 aromatic heterocycles. The van der Waals surface area contributed by atoms with Crippen LogP contribution in [-0.2, 0) is 14.3 Å². The first kappa shape index (κ1) is 13.4. The van der Waals surface area contributed by atoms with Gasteiger partial charge in [0.05, 0.1) is 12.7 Å². The second kappa shape index (κ2) is 7.60. The predicted molar refractivity (Wildman–Crippen MR) is 61.3 cm³/mol. The molecule has 1 heterocycles. The number of carbonyl (C=O) groups is 1. The van der Waals surface area contributed by atoms with E-state index in [2.05, 4.69) is 10.6 Å². The van der Waals surface area contributed by atoms with Gasteiger partial charge in [-0.3, -0.25) is 4.79 Å². The SMILES string of the molecule is COC(C)C(=O)NCCOC1CCNCC1. The van der Waals surface area contributed by atoms with Crippen molar-refractivity contribution in [2.24, 2.45) is 0 Å². The number of rotatable bonds is 6. The number of nitrogens with one attached hydrogen (secondary N) is 2. The van der Waals surface area contributed by atoms with Gasteiger partial charge in [0.2, 0.25) is 5.91 Å². The molecule has 1 saturated heterocycles. The van der Waals surface area contributed by atoms with Gasteiger partial charge < -0.3 is 20.1 Å².